The van der Waals surface area contributed by atoms with Crippen molar-refractivity contribution in [2.24, 2.45) is 0 Å². The molecule has 388 valence electrons. The second-order valence-corrected chi connectivity index (χ2v) is 26.7. The normalized spacial score (nSPS) is 15.5. The second kappa shape index (κ2) is 23.4. The summed E-state index contributed by atoms with van der Waals surface area (Å²) >= 11 is 3.79. The molecular formula is C66H82O5S2. The molecule has 73 heavy (non-hydrogen) atoms. The Kier molecular flexibility index (Phi) is 17.4. The summed E-state index contributed by atoms with van der Waals surface area (Å²) in [5.41, 5.74) is 16.2. The maximum absolute atomic E-state index is 7.27. The van der Waals surface area contributed by atoms with Crippen LogP contribution in [0.3, 0.4) is 0 Å². The van der Waals surface area contributed by atoms with E-state index < -0.39 is 0 Å². The highest BCUT2D eigenvalue weighted by Gasteiger charge is 2.30. The molecule has 10 bridgehead atoms. The predicted octanol–water partition coefficient (Wildman–Crippen LogP) is 16.0. The Morgan fingerprint density at radius 2 is 0.644 bits per heavy atom. The quantitative estimate of drug-likeness (QED) is 0.164. The highest BCUT2D eigenvalue weighted by atomic mass is 32.2. The molecule has 6 aromatic rings. The molecule has 5 nitrogen and oxygen atoms in total. The van der Waals surface area contributed by atoms with Gasteiger partial charge in [-0.2, -0.15) is 23.5 Å². The van der Waals surface area contributed by atoms with Crippen LogP contribution in [0.15, 0.2) is 109 Å². The van der Waals surface area contributed by atoms with Gasteiger partial charge in [-0.1, -0.05) is 192 Å². The predicted molar refractivity (Wildman–Crippen MR) is 310 cm³/mol. The van der Waals surface area contributed by atoms with Crippen molar-refractivity contribution in [2.45, 2.75) is 144 Å². The van der Waals surface area contributed by atoms with Crippen molar-refractivity contribution >= 4 is 23.5 Å². The summed E-state index contributed by atoms with van der Waals surface area (Å²) in [6.45, 7) is 31.5. The lowest BCUT2D eigenvalue weighted by Crippen LogP contribution is -2.18. The van der Waals surface area contributed by atoms with E-state index in [2.05, 4.69) is 192 Å². The molecule has 0 radical (unpaired) electrons. The van der Waals surface area contributed by atoms with Crippen LogP contribution >= 0.6 is 23.5 Å². The zero-order valence-corrected chi connectivity index (χ0v) is 47.8. The fourth-order valence-electron chi connectivity index (χ4n) is 9.77. The fraction of sp³-hybridized carbons (Fsp3) is 0.455. The second-order valence-electron chi connectivity index (χ2n) is 24.3. The first-order valence-electron chi connectivity index (χ1n) is 26.7. The average Bonchev–Trinajstić information content (AvgIpc) is 3.32. The summed E-state index contributed by atoms with van der Waals surface area (Å²) in [5.74, 6) is 7.36. The lowest BCUT2D eigenvalue weighted by atomic mass is 9.79. The first-order chi connectivity index (χ1) is 34.7. The van der Waals surface area contributed by atoms with Crippen molar-refractivity contribution in [3.05, 3.63) is 187 Å². The van der Waals surface area contributed by atoms with Gasteiger partial charge >= 0.3 is 0 Å². The zero-order chi connectivity index (χ0) is 52.0. The number of ether oxygens (including phenoxy) is 5. The number of fused-ring (bicyclic) bond motifs is 2. The molecule has 0 fully saturated rings. The number of hydrogen-bond donors (Lipinski definition) is 0. The monoisotopic (exact) mass is 1020 g/mol. The van der Waals surface area contributed by atoms with Crippen molar-refractivity contribution in [3.63, 3.8) is 0 Å². The molecule has 1 heterocycles. The minimum Gasteiger partial charge on any atom is -0.492 e. The van der Waals surface area contributed by atoms with Crippen LogP contribution in [-0.4, -0.2) is 49.4 Å². The van der Waals surface area contributed by atoms with E-state index in [1.807, 2.05) is 23.5 Å². The highest BCUT2D eigenvalue weighted by molar-refractivity contribution is 7.99. The molecule has 8 rings (SSSR count). The Morgan fingerprint density at radius 3 is 0.932 bits per heavy atom. The van der Waals surface area contributed by atoms with E-state index in [0.29, 0.717) is 52.1 Å². The Bertz CT molecular complexity index is 2520. The van der Waals surface area contributed by atoms with Crippen LogP contribution in [0.5, 0.6) is 23.0 Å². The maximum atomic E-state index is 7.27. The van der Waals surface area contributed by atoms with E-state index in [0.717, 1.165) is 92.6 Å². The summed E-state index contributed by atoms with van der Waals surface area (Å²) in [7, 11) is 0. The third kappa shape index (κ3) is 14.3. The van der Waals surface area contributed by atoms with Gasteiger partial charge in [0, 0.05) is 48.7 Å². The Morgan fingerprint density at radius 1 is 0.370 bits per heavy atom. The van der Waals surface area contributed by atoms with Crippen molar-refractivity contribution in [1.29, 1.82) is 0 Å². The minimum atomic E-state index is -0.139. The van der Waals surface area contributed by atoms with Gasteiger partial charge in [-0.3, -0.25) is 0 Å². The molecule has 0 aromatic heterocycles. The van der Waals surface area contributed by atoms with Crippen LogP contribution in [0.25, 0.3) is 0 Å². The first-order valence-corrected chi connectivity index (χ1v) is 29.0. The largest absolute Gasteiger partial charge is 0.492 e. The van der Waals surface area contributed by atoms with Crippen LogP contribution < -0.4 is 18.9 Å². The smallest absolute Gasteiger partial charge is 0.126 e. The standard InChI is InChI=1S/C66H82O5S2/c1-63(2,3)55-35-47-31-51-39-57(65(7,8)9)41-53(61(51)70-43-45-19-15-13-16-20-45)33-49-37-56(64(4,5)6)38-50-34-54-42-58(66(10,11)12)40-52(62(54)71-44-46-21-17-14-18-22-46)32-48(36-55)59(47)68-25-29-72-27-23-67-24-28-73-30-26-69-60(49)50/h13-22,35-42H,23-34,43-44H2,1-12H3. The van der Waals surface area contributed by atoms with E-state index in [9.17, 15) is 0 Å². The number of rotatable bonds is 6. The first kappa shape index (κ1) is 54.4. The van der Waals surface area contributed by atoms with Crippen LogP contribution in [-0.2, 0) is 65.3 Å². The van der Waals surface area contributed by atoms with Gasteiger partial charge in [0.1, 0.15) is 36.2 Å². The molecule has 0 unspecified atom stereocenters. The SMILES string of the molecule is CC(C)(C)c1cc2c3c(c1)Cc1cc(C(C)(C)C)cc(c1OCc1ccccc1)Cc1cc(C(C)(C)C)cc(c1OCCSCCOCCSCCO3)Cc1cc(C(C)(C)C)cc(c1OCc1ccccc1)C2. The third-order valence-corrected chi connectivity index (χ3v) is 15.9. The van der Waals surface area contributed by atoms with Crippen LogP contribution in [0.2, 0.25) is 0 Å². The molecule has 0 atom stereocenters. The summed E-state index contributed by atoms with van der Waals surface area (Å²) in [6, 6.07) is 40.6. The van der Waals surface area contributed by atoms with E-state index in [4.69, 9.17) is 23.7 Å². The number of benzene rings is 6. The third-order valence-electron chi connectivity index (χ3n) is 14.1. The molecule has 0 spiro atoms. The molecule has 1 aliphatic heterocycles. The summed E-state index contributed by atoms with van der Waals surface area (Å²) in [6.07, 6.45) is 2.53. The topological polar surface area (TPSA) is 46.2 Å². The maximum Gasteiger partial charge on any atom is 0.126 e. The molecular weight excluding hydrogens is 937 g/mol. The summed E-state index contributed by atoms with van der Waals surface area (Å²) in [4.78, 5) is 0. The zero-order valence-electron chi connectivity index (χ0n) is 46.1. The van der Waals surface area contributed by atoms with Crippen LogP contribution in [0.4, 0.5) is 0 Å². The Balaban J connectivity index is 1.48. The fourth-order valence-corrected chi connectivity index (χ4v) is 11.1. The van der Waals surface area contributed by atoms with Crippen molar-refractivity contribution in [3.8, 4) is 23.0 Å². The van der Waals surface area contributed by atoms with Gasteiger partial charge in [-0.25, -0.2) is 0 Å². The lowest BCUT2D eigenvalue weighted by molar-refractivity contribution is 0.167. The van der Waals surface area contributed by atoms with Crippen molar-refractivity contribution in [1.82, 2.24) is 0 Å². The van der Waals surface area contributed by atoms with E-state index in [-0.39, 0.29) is 21.7 Å². The minimum absolute atomic E-state index is 0.134. The van der Waals surface area contributed by atoms with Gasteiger partial charge in [0.05, 0.1) is 26.4 Å². The van der Waals surface area contributed by atoms with Gasteiger partial charge in [0.15, 0.2) is 0 Å². The van der Waals surface area contributed by atoms with Gasteiger partial charge in [-0.15, -0.1) is 0 Å². The van der Waals surface area contributed by atoms with E-state index in [1.165, 1.54) is 44.5 Å². The molecule has 0 N–H and O–H groups in total. The Hall–Kier alpha value is -4.82. The average molecular weight is 1020 g/mol. The lowest BCUT2D eigenvalue weighted by Gasteiger charge is -2.29. The van der Waals surface area contributed by atoms with Crippen LogP contribution in [0.1, 0.15) is 161 Å². The molecule has 0 saturated carbocycles. The van der Waals surface area contributed by atoms with Gasteiger partial charge in [0.2, 0.25) is 0 Å². The van der Waals surface area contributed by atoms with Crippen molar-refractivity contribution in [2.75, 3.05) is 49.4 Å². The van der Waals surface area contributed by atoms with Gasteiger partial charge in [-0.05, 0) is 99.5 Å². The highest BCUT2D eigenvalue weighted by Crippen LogP contribution is 2.45. The molecule has 1 aliphatic carbocycles. The molecule has 7 heteroatoms. The summed E-state index contributed by atoms with van der Waals surface area (Å²) in [5, 5.41) is 0. The van der Waals surface area contributed by atoms with Gasteiger partial charge in [0.25, 0.3) is 0 Å². The molecule has 0 amide bonds. The van der Waals surface area contributed by atoms with E-state index in [1.54, 1.807) is 0 Å². The van der Waals surface area contributed by atoms with Gasteiger partial charge < -0.3 is 23.7 Å². The summed E-state index contributed by atoms with van der Waals surface area (Å²) < 4.78 is 35.2. The molecule has 2 aliphatic rings. The molecule has 6 aromatic carbocycles. The van der Waals surface area contributed by atoms with Crippen molar-refractivity contribution < 1.29 is 23.7 Å². The number of thioether (sulfide) groups is 2. The molecule has 0 saturated heterocycles. The van der Waals surface area contributed by atoms with E-state index >= 15 is 0 Å². The number of hydrogen-bond acceptors (Lipinski definition) is 7. The Labute approximate surface area is 447 Å². The van der Waals surface area contributed by atoms with Crippen LogP contribution in [0, 0.1) is 0 Å².